The van der Waals surface area contributed by atoms with E-state index < -0.39 is 0 Å². The summed E-state index contributed by atoms with van der Waals surface area (Å²) < 4.78 is 0.910. The van der Waals surface area contributed by atoms with Crippen molar-refractivity contribution in [1.29, 1.82) is 0 Å². The minimum Gasteiger partial charge on any atom is -0.338 e. The molecule has 0 spiro atoms. The summed E-state index contributed by atoms with van der Waals surface area (Å²) in [4.78, 5) is 29.6. The van der Waals surface area contributed by atoms with Gasteiger partial charge in [-0.2, -0.15) is 0 Å². The zero-order valence-electron chi connectivity index (χ0n) is 15.6. The van der Waals surface area contributed by atoms with Gasteiger partial charge in [0, 0.05) is 41.3 Å². The molecular weight excluding hydrogens is 404 g/mol. The molecule has 0 unspecified atom stereocenters. The third-order valence-corrected chi connectivity index (χ3v) is 5.50. The number of hydrogen-bond acceptors (Lipinski definition) is 2. The molecule has 1 saturated heterocycles. The first-order chi connectivity index (χ1) is 13.1. The first kappa shape index (κ1) is 19.6. The zero-order valence-corrected chi connectivity index (χ0v) is 17.2. The number of benzene rings is 2. The molecule has 0 saturated carbocycles. The third kappa shape index (κ3) is 4.78. The summed E-state index contributed by atoms with van der Waals surface area (Å²) in [5.74, 6) is 0.153. The Kier molecular flexibility index (Phi) is 6.67. The van der Waals surface area contributed by atoms with Crippen LogP contribution in [0.2, 0.25) is 0 Å². The molecule has 0 aromatic heterocycles. The second-order valence-corrected chi connectivity index (χ2v) is 7.81. The Balaban J connectivity index is 1.66. The maximum absolute atomic E-state index is 13.0. The highest BCUT2D eigenvalue weighted by atomic mass is 79.9. The summed E-state index contributed by atoms with van der Waals surface area (Å²) in [6.07, 6.45) is 2.56. The molecule has 1 aliphatic heterocycles. The smallest absolute Gasteiger partial charge is 0.254 e. The Morgan fingerprint density at radius 3 is 2.33 bits per heavy atom. The minimum atomic E-state index is 0.0750. The van der Waals surface area contributed by atoms with Crippen molar-refractivity contribution in [1.82, 2.24) is 9.80 Å². The van der Waals surface area contributed by atoms with E-state index in [1.165, 1.54) is 0 Å². The number of likely N-dealkylation sites (tertiary alicyclic amines) is 1. The first-order valence-electron chi connectivity index (χ1n) is 9.51. The lowest BCUT2D eigenvalue weighted by Gasteiger charge is -2.38. The second kappa shape index (κ2) is 9.18. The monoisotopic (exact) mass is 428 g/mol. The number of halogens is 1. The molecular formula is C22H25BrN2O2. The van der Waals surface area contributed by atoms with Gasteiger partial charge in [0.15, 0.2) is 0 Å². The molecule has 1 heterocycles. The van der Waals surface area contributed by atoms with Crippen LogP contribution in [0.15, 0.2) is 59.1 Å². The molecule has 2 amide bonds. The van der Waals surface area contributed by atoms with Crippen LogP contribution in [-0.2, 0) is 0 Å². The molecule has 0 aliphatic carbocycles. The van der Waals surface area contributed by atoms with Gasteiger partial charge in [-0.05, 0) is 49.6 Å². The minimum absolute atomic E-state index is 0.0750. The summed E-state index contributed by atoms with van der Waals surface area (Å²) in [5, 5.41) is 0. The number of rotatable bonds is 5. The maximum Gasteiger partial charge on any atom is 0.254 e. The Labute approximate surface area is 169 Å². The van der Waals surface area contributed by atoms with Crippen LogP contribution in [0.5, 0.6) is 0 Å². The summed E-state index contributed by atoms with van der Waals surface area (Å²) in [6, 6.07) is 17.1. The highest BCUT2D eigenvalue weighted by Crippen LogP contribution is 2.22. The molecule has 27 heavy (non-hydrogen) atoms. The fourth-order valence-corrected chi connectivity index (χ4v) is 4.02. The SMILES string of the molecule is CCCN(C(=O)c1cccc(Br)c1)C1CCN(C(=O)c2ccccc2)CC1. The largest absolute Gasteiger partial charge is 0.338 e. The number of amides is 2. The lowest BCUT2D eigenvalue weighted by Crippen LogP contribution is -2.49. The number of carbonyl (C=O) groups excluding carboxylic acids is 2. The molecule has 1 aliphatic rings. The molecule has 0 N–H and O–H groups in total. The van der Waals surface area contributed by atoms with E-state index in [2.05, 4.69) is 22.9 Å². The molecule has 0 radical (unpaired) electrons. The van der Waals surface area contributed by atoms with Gasteiger partial charge in [0.1, 0.15) is 0 Å². The van der Waals surface area contributed by atoms with Crippen LogP contribution in [0.25, 0.3) is 0 Å². The Morgan fingerprint density at radius 1 is 1.04 bits per heavy atom. The van der Waals surface area contributed by atoms with Crippen molar-refractivity contribution >= 4 is 27.7 Å². The quantitative estimate of drug-likeness (QED) is 0.697. The molecule has 4 nitrogen and oxygen atoms in total. The molecule has 1 fully saturated rings. The number of carbonyl (C=O) groups is 2. The number of piperidine rings is 1. The van der Waals surface area contributed by atoms with Gasteiger partial charge in [0.25, 0.3) is 11.8 Å². The Hall–Kier alpha value is -2.14. The number of nitrogens with zero attached hydrogens (tertiary/aromatic N) is 2. The highest BCUT2D eigenvalue weighted by molar-refractivity contribution is 9.10. The fraction of sp³-hybridized carbons (Fsp3) is 0.364. The molecule has 142 valence electrons. The summed E-state index contributed by atoms with van der Waals surface area (Å²) >= 11 is 3.45. The molecule has 2 aromatic rings. The topological polar surface area (TPSA) is 40.6 Å². The standard InChI is InChI=1S/C22H25BrN2O2/c1-2-13-25(22(27)18-9-6-10-19(23)16-18)20-11-14-24(15-12-20)21(26)17-7-4-3-5-8-17/h3-10,16,20H,2,11-15H2,1H3. The van der Waals surface area contributed by atoms with Crippen molar-refractivity contribution in [2.75, 3.05) is 19.6 Å². The van der Waals surface area contributed by atoms with E-state index >= 15 is 0 Å². The van der Waals surface area contributed by atoms with E-state index in [1.54, 1.807) is 0 Å². The van der Waals surface area contributed by atoms with Gasteiger partial charge in [-0.25, -0.2) is 0 Å². The van der Waals surface area contributed by atoms with Crippen LogP contribution < -0.4 is 0 Å². The van der Waals surface area contributed by atoms with E-state index in [-0.39, 0.29) is 17.9 Å². The number of hydrogen-bond donors (Lipinski definition) is 0. The van der Waals surface area contributed by atoms with Crippen molar-refractivity contribution in [3.63, 3.8) is 0 Å². The van der Waals surface area contributed by atoms with E-state index in [1.807, 2.05) is 64.4 Å². The van der Waals surface area contributed by atoms with Crippen LogP contribution in [0.1, 0.15) is 46.9 Å². The normalized spacial score (nSPS) is 14.8. The molecule has 3 rings (SSSR count). The van der Waals surface area contributed by atoms with Crippen molar-refractivity contribution < 1.29 is 9.59 Å². The third-order valence-electron chi connectivity index (χ3n) is 5.01. The predicted octanol–water partition coefficient (Wildman–Crippen LogP) is 4.61. The van der Waals surface area contributed by atoms with Crippen molar-refractivity contribution in [2.24, 2.45) is 0 Å². The van der Waals surface area contributed by atoms with E-state index in [0.29, 0.717) is 18.7 Å². The van der Waals surface area contributed by atoms with Gasteiger partial charge in [0.2, 0.25) is 0 Å². The van der Waals surface area contributed by atoms with Crippen LogP contribution in [0.4, 0.5) is 0 Å². The van der Waals surface area contributed by atoms with E-state index in [9.17, 15) is 9.59 Å². The van der Waals surface area contributed by atoms with Gasteiger partial charge >= 0.3 is 0 Å². The van der Waals surface area contributed by atoms with Crippen LogP contribution >= 0.6 is 15.9 Å². The Morgan fingerprint density at radius 2 is 1.70 bits per heavy atom. The molecule has 0 bridgehead atoms. The fourth-order valence-electron chi connectivity index (χ4n) is 3.62. The molecule has 0 atom stereocenters. The van der Waals surface area contributed by atoms with Crippen molar-refractivity contribution in [2.45, 2.75) is 32.2 Å². The second-order valence-electron chi connectivity index (χ2n) is 6.90. The average Bonchev–Trinajstić information content (AvgIpc) is 2.72. The predicted molar refractivity (Wildman–Crippen MR) is 111 cm³/mol. The van der Waals surface area contributed by atoms with Gasteiger partial charge in [-0.3, -0.25) is 9.59 Å². The first-order valence-corrected chi connectivity index (χ1v) is 10.3. The Bertz CT molecular complexity index is 786. The van der Waals surface area contributed by atoms with Crippen LogP contribution in [0, 0.1) is 0 Å². The molecule has 5 heteroatoms. The van der Waals surface area contributed by atoms with E-state index in [4.69, 9.17) is 0 Å². The maximum atomic E-state index is 13.0. The van der Waals surface area contributed by atoms with Crippen LogP contribution in [0.3, 0.4) is 0 Å². The summed E-state index contributed by atoms with van der Waals surface area (Å²) in [5.41, 5.74) is 1.44. The van der Waals surface area contributed by atoms with Crippen molar-refractivity contribution in [3.8, 4) is 0 Å². The van der Waals surface area contributed by atoms with Gasteiger partial charge in [0.05, 0.1) is 0 Å². The lowest BCUT2D eigenvalue weighted by atomic mass is 10.0. The van der Waals surface area contributed by atoms with Crippen LogP contribution in [-0.4, -0.2) is 47.3 Å². The average molecular weight is 429 g/mol. The van der Waals surface area contributed by atoms with Gasteiger partial charge in [-0.1, -0.05) is 47.1 Å². The summed E-state index contributed by atoms with van der Waals surface area (Å²) in [7, 11) is 0. The molecule has 2 aromatic carbocycles. The lowest BCUT2D eigenvalue weighted by molar-refractivity contribution is 0.0519. The van der Waals surface area contributed by atoms with Gasteiger partial charge in [-0.15, -0.1) is 0 Å². The van der Waals surface area contributed by atoms with Crippen molar-refractivity contribution in [3.05, 3.63) is 70.2 Å². The van der Waals surface area contributed by atoms with E-state index in [0.717, 1.165) is 35.8 Å². The highest BCUT2D eigenvalue weighted by Gasteiger charge is 2.30. The zero-order chi connectivity index (χ0) is 19.2. The summed E-state index contributed by atoms with van der Waals surface area (Å²) in [6.45, 7) is 4.20. The van der Waals surface area contributed by atoms with Gasteiger partial charge < -0.3 is 9.80 Å².